The molecule has 54 heavy (non-hydrogen) atoms. The van der Waals surface area contributed by atoms with Gasteiger partial charge in [0.15, 0.2) is 6.29 Å². The molecule has 0 spiro atoms. The Morgan fingerprint density at radius 1 is 0.796 bits per heavy atom. The number of hydrogen-bond acceptors (Lipinski definition) is 6. The molecule has 0 fully saturated rings. The lowest BCUT2D eigenvalue weighted by Crippen LogP contribution is -2.45. The first-order chi connectivity index (χ1) is 25.5. The number of nitrogens with zero attached hydrogens (tertiary/aromatic N) is 1. The number of aryl methyl sites for hydroxylation is 2. The van der Waals surface area contributed by atoms with Gasteiger partial charge in [-0.3, -0.25) is 5.41 Å². The number of nitrogens with one attached hydrogen (secondary N) is 2. The molecule has 0 bridgehead atoms. The van der Waals surface area contributed by atoms with E-state index in [0.717, 1.165) is 28.0 Å². The van der Waals surface area contributed by atoms with Gasteiger partial charge < -0.3 is 36.3 Å². The molecule has 7 N–H and O–H groups in total. The van der Waals surface area contributed by atoms with Crippen LogP contribution in [0.3, 0.4) is 0 Å². The molecule has 0 radical (unpaired) electrons. The molecule has 5 aromatic carbocycles. The number of ether oxygens (including phenoxy) is 2. The van der Waals surface area contributed by atoms with Gasteiger partial charge in [-0.2, -0.15) is 0 Å². The number of benzene rings is 5. The van der Waals surface area contributed by atoms with Crippen molar-refractivity contribution in [1.29, 1.82) is 5.41 Å². The molecule has 0 aliphatic carbocycles. The number of urea groups is 1. The van der Waals surface area contributed by atoms with Crippen LogP contribution in [-0.4, -0.2) is 41.3 Å². The molecule has 3 unspecified atom stereocenters. The molecule has 2 amide bonds. The normalized spacial score (nSPS) is 11.5. The third kappa shape index (κ3) is 16.4. The number of amidine groups is 1. The number of hydrogen-bond donors (Lipinski definition) is 5. The summed E-state index contributed by atoms with van der Waals surface area (Å²) in [5, 5.41) is 19.7. The molecule has 0 aliphatic rings. The van der Waals surface area contributed by atoms with E-state index in [2.05, 4.69) is 24.4 Å². The zero-order chi connectivity index (χ0) is 39.2. The average Bonchev–Trinajstić information content (AvgIpc) is 3.16. The summed E-state index contributed by atoms with van der Waals surface area (Å²) in [7, 11) is 1.61. The highest BCUT2D eigenvalue weighted by molar-refractivity contribution is 5.99. The molecule has 290 valence electrons. The largest absolute Gasteiger partial charge is 0.489 e. The molecule has 5 rings (SSSR count). The third-order valence-electron chi connectivity index (χ3n) is 7.75. The van der Waals surface area contributed by atoms with Gasteiger partial charge in [0.1, 0.15) is 18.2 Å². The lowest BCUT2D eigenvalue weighted by atomic mass is 9.99. The molecule has 9 nitrogen and oxygen atoms in total. The molecule has 0 aromatic heterocycles. The lowest BCUT2D eigenvalue weighted by molar-refractivity contribution is -0.137. The summed E-state index contributed by atoms with van der Waals surface area (Å²) in [4.78, 5) is 14.7. The minimum atomic E-state index is -0.951. The first-order valence-electron chi connectivity index (χ1n) is 17.8. The quantitative estimate of drug-likeness (QED) is 0.0395. The van der Waals surface area contributed by atoms with Crippen molar-refractivity contribution in [2.24, 2.45) is 5.73 Å². The van der Waals surface area contributed by atoms with Crippen LogP contribution in [-0.2, 0) is 17.9 Å². The van der Waals surface area contributed by atoms with Crippen molar-refractivity contribution in [3.8, 4) is 5.75 Å². The van der Waals surface area contributed by atoms with Crippen molar-refractivity contribution >= 4 is 17.6 Å². The van der Waals surface area contributed by atoms with Crippen molar-refractivity contribution in [2.75, 3.05) is 12.8 Å². The van der Waals surface area contributed by atoms with Crippen molar-refractivity contribution in [3.05, 3.63) is 167 Å². The Labute approximate surface area is 323 Å². The van der Waals surface area contributed by atoms with Crippen LogP contribution >= 0.6 is 0 Å². The molecular formula is C45H61N5O4. The second-order valence-corrected chi connectivity index (χ2v) is 12.1. The summed E-state index contributed by atoms with van der Waals surface area (Å²) < 4.78 is 11.7. The number of rotatable bonds is 11. The number of nitrogen functional groups attached to an aromatic ring is 2. The average molecular weight is 736 g/mol. The van der Waals surface area contributed by atoms with Crippen LogP contribution in [0.1, 0.15) is 74.5 Å². The fourth-order valence-corrected chi connectivity index (χ4v) is 5.29. The van der Waals surface area contributed by atoms with Crippen LogP contribution in [0.4, 0.5) is 10.5 Å². The maximum Gasteiger partial charge on any atom is 0.318 e. The number of anilines is 1. The number of aliphatic hydroxyl groups is 1. The van der Waals surface area contributed by atoms with Crippen molar-refractivity contribution in [2.45, 2.75) is 80.6 Å². The van der Waals surface area contributed by atoms with Crippen LogP contribution in [0.2, 0.25) is 0 Å². The third-order valence-corrected chi connectivity index (χ3v) is 7.75. The van der Waals surface area contributed by atoms with E-state index >= 15 is 0 Å². The smallest absolute Gasteiger partial charge is 0.318 e. The summed E-state index contributed by atoms with van der Waals surface area (Å²) in [6, 6.07) is 42.5. The van der Waals surface area contributed by atoms with Gasteiger partial charge in [0.25, 0.3) is 0 Å². The molecule has 5 aromatic rings. The van der Waals surface area contributed by atoms with E-state index < -0.39 is 18.4 Å². The SMILES string of the molecule is C.CC.CNC(=O)N(Cc1cccc(OCc2ccccc2)c1)C(c1ccccc1)C(C)OC(C)O.Cc1ccc(N)c(C(=N)N)c1.Cc1ccccc1. The Kier molecular flexibility index (Phi) is 21.8. The second kappa shape index (κ2) is 25.4. The van der Waals surface area contributed by atoms with Crippen molar-refractivity contribution in [1.82, 2.24) is 10.2 Å². The molecular weight excluding hydrogens is 675 g/mol. The summed E-state index contributed by atoms with van der Waals surface area (Å²) in [6.07, 6.45) is -1.39. The Hall–Kier alpha value is -5.64. The molecule has 0 saturated carbocycles. The van der Waals surface area contributed by atoms with E-state index in [4.69, 9.17) is 26.4 Å². The van der Waals surface area contributed by atoms with E-state index in [-0.39, 0.29) is 19.3 Å². The van der Waals surface area contributed by atoms with E-state index in [1.165, 1.54) is 5.56 Å². The minimum absolute atomic E-state index is 0. The maximum absolute atomic E-state index is 13.0. The topological polar surface area (TPSA) is 147 Å². The predicted octanol–water partition coefficient (Wildman–Crippen LogP) is 9.41. The highest BCUT2D eigenvalue weighted by Crippen LogP contribution is 2.29. The first kappa shape index (κ1) is 46.4. The zero-order valence-electron chi connectivity index (χ0n) is 32.1. The van der Waals surface area contributed by atoms with Gasteiger partial charge in [-0.05, 0) is 68.7 Å². The number of carbonyl (C=O) groups excluding carboxylic acids is 1. The Morgan fingerprint density at radius 2 is 1.35 bits per heavy atom. The van der Waals surface area contributed by atoms with Crippen LogP contribution in [0.15, 0.2) is 133 Å². The number of aliphatic hydroxyl groups excluding tert-OH is 1. The fourth-order valence-electron chi connectivity index (χ4n) is 5.29. The summed E-state index contributed by atoms with van der Waals surface area (Å²) in [5.74, 6) is 0.754. The first-order valence-corrected chi connectivity index (χ1v) is 17.8. The Morgan fingerprint density at radius 3 is 1.85 bits per heavy atom. The molecule has 0 aliphatic heterocycles. The van der Waals surface area contributed by atoms with Gasteiger partial charge >= 0.3 is 6.03 Å². The summed E-state index contributed by atoms with van der Waals surface area (Å²) in [6.45, 7) is 12.3. The molecule has 0 saturated heterocycles. The minimum Gasteiger partial charge on any atom is -0.489 e. The van der Waals surface area contributed by atoms with E-state index in [1.807, 2.05) is 137 Å². The van der Waals surface area contributed by atoms with Gasteiger partial charge in [0, 0.05) is 24.8 Å². The van der Waals surface area contributed by atoms with Crippen molar-refractivity contribution < 1.29 is 19.4 Å². The maximum atomic E-state index is 13.0. The van der Waals surface area contributed by atoms with Gasteiger partial charge in [0.05, 0.1) is 12.1 Å². The van der Waals surface area contributed by atoms with Crippen LogP contribution in [0, 0.1) is 19.3 Å². The predicted molar refractivity (Wildman–Crippen MR) is 224 cm³/mol. The summed E-state index contributed by atoms with van der Waals surface area (Å²) >= 11 is 0. The second-order valence-electron chi connectivity index (χ2n) is 12.1. The van der Waals surface area contributed by atoms with Crippen molar-refractivity contribution in [3.63, 3.8) is 0 Å². The molecule has 3 atom stereocenters. The van der Waals surface area contributed by atoms with Crippen LogP contribution in [0.25, 0.3) is 0 Å². The molecule has 0 heterocycles. The highest BCUT2D eigenvalue weighted by atomic mass is 16.6. The van der Waals surface area contributed by atoms with Gasteiger partial charge in [0.2, 0.25) is 0 Å². The highest BCUT2D eigenvalue weighted by Gasteiger charge is 2.31. The zero-order valence-corrected chi connectivity index (χ0v) is 32.1. The number of carbonyl (C=O) groups is 1. The lowest BCUT2D eigenvalue weighted by Gasteiger charge is -2.36. The van der Waals surface area contributed by atoms with Crippen LogP contribution < -0.4 is 21.5 Å². The summed E-state index contributed by atoms with van der Waals surface area (Å²) in [5.41, 5.74) is 17.3. The van der Waals surface area contributed by atoms with Crippen LogP contribution in [0.5, 0.6) is 5.75 Å². The Bertz CT molecular complexity index is 1770. The standard InChI is InChI=1S/C27H32N2O4.C8H11N3.C7H8.C2H6.CH4/c1-20(33-21(2)30)26(24-14-8-5-9-15-24)29(27(31)28-3)18-23-13-10-16-25(17-23)32-19-22-11-6-4-7-12-22;1-5-2-3-7(9)6(4-5)8(10)11;1-7-5-3-2-4-6-7;1-2;/h4-17,20-21,26,30H,18-19H2,1-3H3,(H,28,31);2-4H,9H2,1H3,(H3,10,11);2-6H,1H3;1-2H3;1H4. The van der Waals surface area contributed by atoms with Gasteiger partial charge in [-0.1, -0.05) is 142 Å². The Balaban J connectivity index is 0.000000564. The monoisotopic (exact) mass is 735 g/mol. The number of nitrogens with two attached hydrogens (primary N) is 2. The van der Waals surface area contributed by atoms with E-state index in [0.29, 0.717) is 24.4 Å². The van der Waals surface area contributed by atoms with Gasteiger partial charge in [-0.15, -0.1) is 0 Å². The van der Waals surface area contributed by atoms with Gasteiger partial charge in [-0.25, -0.2) is 4.79 Å². The molecule has 9 heteroatoms. The van der Waals surface area contributed by atoms with E-state index in [9.17, 15) is 9.90 Å². The fraction of sp³-hybridized carbons (Fsp3) is 0.289. The van der Waals surface area contributed by atoms with E-state index in [1.54, 1.807) is 31.0 Å². The number of amides is 2.